The summed E-state index contributed by atoms with van der Waals surface area (Å²) in [4.78, 5) is 26.1. The first-order valence-corrected chi connectivity index (χ1v) is 26.1. The maximum Gasteiger partial charge on any atom is 0.306 e. The monoisotopic (exact) mass is 876 g/mol. The van der Waals surface area contributed by atoms with E-state index in [1.54, 1.807) is 0 Å². The first kappa shape index (κ1) is 59.8. The third kappa shape index (κ3) is 45.2. The highest BCUT2D eigenvalue weighted by Gasteiger charge is 2.24. The van der Waals surface area contributed by atoms with Gasteiger partial charge in [0.2, 0.25) is 5.91 Å². The fourth-order valence-corrected chi connectivity index (χ4v) is 7.39. The number of ether oxygens (including phenoxy) is 1. The molecule has 1 amide bonds. The zero-order chi connectivity index (χ0) is 45.9. The van der Waals surface area contributed by atoms with E-state index in [-0.39, 0.29) is 24.9 Å². The van der Waals surface area contributed by atoms with Gasteiger partial charge < -0.3 is 20.3 Å². The Labute approximate surface area is 388 Å². The van der Waals surface area contributed by atoms with Gasteiger partial charge in [-0.15, -0.1) is 0 Å². The van der Waals surface area contributed by atoms with Crippen molar-refractivity contribution in [2.75, 3.05) is 6.61 Å². The molecule has 0 rings (SSSR count). The molecule has 360 valence electrons. The summed E-state index contributed by atoms with van der Waals surface area (Å²) in [5, 5.41) is 23.8. The topological polar surface area (TPSA) is 95.9 Å². The predicted octanol–water partition coefficient (Wildman–Crippen LogP) is 15.7. The van der Waals surface area contributed by atoms with E-state index in [0.29, 0.717) is 19.3 Å². The van der Waals surface area contributed by atoms with E-state index >= 15 is 0 Å². The van der Waals surface area contributed by atoms with E-state index in [4.69, 9.17) is 4.74 Å². The molecule has 0 bridgehead atoms. The summed E-state index contributed by atoms with van der Waals surface area (Å²) in [7, 11) is 0. The Balaban J connectivity index is 4.76. The standard InChI is InChI=1S/C57H97NO5/c1-4-7-10-13-16-19-22-25-27-29-31-33-36-39-42-45-48-53(63-57(62)50-47-44-41-38-35-32-28-26-23-20-17-14-11-8-5-2)51-56(61)58-54(52-59)55(60)49-46-43-40-37-34-30-24-21-18-15-12-9-6-3/h8,11,14,17,20,22-23,25-29,31-33,35,53-55,59-60H,4-7,9-10,12-13,15-16,18-19,21,24,30,34,36-52H2,1-3H3,(H,58,61)/b11-8+,17-14+,23-20-,25-22+,28-26-,29-27+,33-31+,35-32+. The smallest absolute Gasteiger partial charge is 0.306 e. The first-order valence-electron chi connectivity index (χ1n) is 26.1. The van der Waals surface area contributed by atoms with Crippen molar-refractivity contribution in [1.82, 2.24) is 5.32 Å². The number of amides is 1. The molecule has 0 aliphatic carbocycles. The maximum absolute atomic E-state index is 13.2. The predicted molar refractivity (Wildman–Crippen MR) is 273 cm³/mol. The van der Waals surface area contributed by atoms with Gasteiger partial charge >= 0.3 is 5.97 Å². The molecule has 0 saturated heterocycles. The van der Waals surface area contributed by atoms with Crippen molar-refractivity contribution in [3.05, 3.63) is 97.2 Å². The van der Waals surface area contributed by atoms with Crippen LogP contribution in [-0.4, -0.2) is 46.9 Å². The van der Waals surface area contributed by atoms with E-state index in [2.05, 4.69) is 80.8 Å². The molecular weight excluding hydrogens is 779 g/mol. The average Bonchev–Trinajstić information content (AvgIpc) is 3.28. The maximum atomic E-state index is 13.2. The molecular formula is C57H97NO5. The van der Waals surface area contributed by atoms with Gasteiger partial charge in [0.05, 0.1) is 25.2 Å². The summed E-state index contributed by atoms with van der Waals surface area (Å²) in [6.45, 7) is 6.30. The van der Waals surface area contributed by atoms with Crippen LogP contribution in [0.2, 0.25) is 0 Å². The summed E-state index contributed by atoms with van der Waals surface area (Å²) in [6, 6.07) is -0.728. The van der Waals surface area contributed by atoms with Gasteiger partial charge in [-0.2, -0.15) is 0 Å². The molecule has 6 heteroatoms. The van der Waals surface area contributed by atoms with Crippen molar-refractivity contribution in [3.63, 3.8) is 0 Å². The fourth-order valence-electron chi connectivity index (χ4n) is 7.39. The van der Waals surface area contributed by atoms with Gasteiger partial charge in [-0.1, -0.05) is 240 Å². The van der Waals surface area contributed by atoms with E-state index in [1.807, 2.05) is 42.5 Å². The van der Waals surface area contributed by atoms with Gasteiger partial charge in [0.25, 0.3) is 0 Å². The number of aliphatic hydroxyl groups is 2. The number of carbonyl (C=O) groups is 2. The molecule has 0 aliphatic heterocycles. The highest BCUT2D eigenvalue weighted by molar-refractivity contribution is 5.77. The molecule has 0 aromatic rings. The van der Waals surface area contributed by atoms with Crippen molar-refractivity contribution in [3.8, 4) is 0 Å². The van der Waals surface area contributed by atoms with Gasteiger partial charge in [0, 0.05) is 6.42 Å². The number of aliphatic hydroxyl groups excluding tert-OH is 2. The Kier molecular flexibility index (Phi) is 47.2. The van der Waals surface area contributed by atoms with Crippen molar-refractivity contribution in [1.29, 1.82) is 0 Å². The van der Waals surface area contributed by atoms with Crippen LogP contribution < -0.4 is 5.32 Å². The van der Waals surface area contributed by atoms with E-state index < -0.39 is 18.2 Å². The third-order valence-corrected chi connectivity index (χ3v) is 11.3. The number of hydrogen-bond donors (Lipinski definition) is 3. The normalized spacial score (nSPS) is 14.0. The number of nitrogens with one attached hydrogen (secondary N) is 1. The van der Waals surface area contributed by atoms with Crippen molar-refractivity contribution >= 4 is 11.9 Å². The Morgan fingerprint density at radius 2 is 0.857 bits per heavy atom. The Morgan fingerprint density at radius 1 is 0.476 bits per heavy atom. The highest BCUT2D eigenvalue weighted by Crippen LogP contribution is 2.17. The van der Waals surface area contributed by atoms with Gasteiger partial charge in [0.15, 0.2) is 0 Å². The quantitative estimate of drug-likeness (QED) is 0.0322. The van der Waals surface area contributed by atoms with Crippen molar-refractivity contribution in [2.24, 2.45) is 0 Å². The number of esters is 1. The van der Waals surface area contributed by atoms with Gasteiger partial charge in [0.1, 0.15) is 6.10 Å². The van der Waals surface area contributed by atoms with Crippen LogP contribution in [0.3, 0.4) is 0 Å². The largest absolute Gasteiger partial charge is 0.462 e. The van der Waals surface area contributed by atoms with Crippen LogP contribution in [0.5, 0.6) is 0 Å². The Morgan fingerprint density at radius 3 is 1.32 bits per heavy atom. The van der Waals surface area contributed by atoms with Crippen LogP contribution in [0.25, 0.3) is 0 Å². The molecule has 63 heavy (non-hydrogen) atoms. The molecule has 3 unspecified atom stereocenters. The highest BCUT2D eigenvalue weighted by atomic mass is 16.5. The zero-order valence-electron chi connectivity index (χ0n) is 40.9. The Hall–Kier alpha value is -3.22. The summed E-state index contributed by atoms with van der Waals surface area (Å²) in [5.74, 6) is -0.563. The number of unbranched alkanes of at least 4 members (excludes halogenated alkanes) is 23. The van der Waals surface area contributed by atoms with Crippen molar-refractivity contribution < 1.29 is 24.5 Å². The summed E-state index contributed by atoms with van der Waals surface area (Å²) < 4.78 is 5.90. The lowest BCUT2D eigenvalue weighted by molar-refractivity contribution is -0.151. The molecule has 3 atom stereocenters. The number of rotatable bonds is 45. The molecule has 0 aliphatic rings. The third-order valence-electron chi connectivity index (χ3n) is 11.3. The minimum atomic E-state index is -0.810. The summed E-state index contributed by atoms with van der Waals surface area (Å²) >= 11 is 0. The molecule has 3 N–H and O–H groups in total. The van der Waals surface area contributed by atoms with E-state index in [0.717, 1.165) is 83.5 Å². The number of carbonyl (C=O) groups excluding carboxylic acids is 2. The molecule has 0 aromatic heterocycles. The number of hydrogen-bond acceptors (Lipinski definition) is 5. The SMILES string of the molecule is CC/C=C/C=C/C=C\C=C/C=C/CCCCCC(=O)OC(CCCCC/C=C/C=C/C=C/CCCCCCC)CC(=O)NC(CO)C(O)CCCCCCCCCCCCCCC. The van der Waals surface area contributed by atoms with Crippen LogP contribution >= 0.6 is 0 Å². The molecule has 0 spiro atoms. The molecule has 0 radical (unpaired) electrons. The molecule has 0 fully saturated rings. The lowest BCUT2D eigenvalue weighted by Gasteiger charge is -2.24. The lowest BCUT2D eigenvalue weighted by atomic mass is 10.0. The van der Waals surface area contributed by atoms with Crippen LogP contribution in [0.15, 0.2) is 97.2 Å². The van der Waals surface area contributed by atoms with Gasteiger partial charge in [-0.25, -0.2) is 0 Å². The number of allylic oxidation sites excluding steroid dienone is 16. The van der Waals surface area contributed by atoms with Crippen LogP contribution in [0.1, 0.15) is 226 Å². The second kappa shape index (κ2) is 49.8. The fraction of sp³-hybridized carbons (Fsp3) is 0.684. The van der Waals surface area contributed by atoms with E-state index in [1.165, 1.54) is 96.3 Å². The van der Waals surface area contributed by atoms with Gasteiger partial charge in [-0.3, -0.25) is 9.59 Å². The molecule has 6 nitrogen and oxygen atoms in total. The van der Waals surface area contributed by atoms with Crippen LogP contribution in [0, 0.1) is 0 Å². The summed E-state index contributed by atoms with van der Waals surface area (Å²) in [5.41, 5.74) is 0. The van der Waals surface area contributed by atoms with E-state index in [9.17, 15) is 19.8 Å². The zero-order valence-corrected chi connectivity index (χ0v) is 40.9. The Bertz CT molecular complexity index is 1260. The van der Waals surface area contributed by atoms with Crippen LogP contribution in [0.4, 0.5) is 0 Å². The second-order valence-electron chi connectivity index (χ2n) is 17.4. The molecule has 0 heterocycles. The summed E-state index contributed by atoms with van der Waals surface area (Å²) in [6.07, 6.45) is 66.0. The second-order valence-corrected chi connectivity index (χ2v) is 17.4. The molecule has 0 aromatic carbocycles. The lowest BCUT2D eigenvalue weighted by Crippen LogP contribution is -2.46. The minimum Gasteiger partial charge on any atom is -0.462 e. The first-order chi connectivity index (χ1) is 31.0. The van der Waals surface area contributed by atoms with Crippen molar-refractivity contribution in [2.45, 2.75) is 244 Å². The van der Waals surface area contributed by atoms with Gasteiger partial charge in [-0.05, 0) is 70.6 Å². The van der Waals surface area contributed by atoms with Crippen LogP contribution in [-0.2, 0) is 14.3 Å². The molecule has 0 saturated carbocycles. The minimum absolute atomic E-state index is 0.0321. The average molecular weight is 876 g/mol.